The van der Waals surface area contributed by atoms with E-state index in [1.54, 1.807) is 19.1 Å². The number of aromatic nitrogens is 1. The molecule has 1 fully saturated rings. The van der Waals surface area contributed by atoms with E-state index >= 15 is 0 Å². The lowest BCUT2D eigenvalue weighted by Crippen LogP contribution is -2.46. The minimum atomic E-state index is -0.339. The fourth-order valence-electron chi connectivity index (χ4n) is 2.96. The molecule has 1 amide bonds. The van der Waals surface area contributed by atoms with Gasteiger partial charge in [0.05, 0.1) is 13.2 Å². The molecule has 1 N–H and O–H groups in total. The monoisotopic (exact) mass is 347 g/mol. The lowest BCUT2D eigenvalue weighted by atomic mass is 10.1. The second-order valence-corrected chi connectivity index (χ2v) is 6.26. The van der Waals surface area contributed by atoms with Gasteiger partial charge >= 0.3 is 0 Å². The summed E-state index contributed by atoms with van der Waals surface area (Å²) < 4.78 is 23.7. The highest BCUT2D eigenvalue weighted by Crippen LogP contribution is 2.25. The van der Waals surface area contributed by atoms with Crippen LogP contribution >= 0.6 is 0 Å². The molecule has 0 radical (unpaired) electrons. The second kappa shape index (κ2) is 7.76. The summed E-state index contributed by atoms with van der Waals surface area (Å²) in [6.45, 7) is 7.60. The van der Waals surface area contributed by atoms with Gasteiger partial charge in [-0.15, -0.1) is 0 Å². The zero-order chi connectivity index (χ0) is 17.8. The molecule has 25 heavy (non-hydrogen) atoms. The van der Waals surface area contributed by atoms with Crippen molar-refractivity contribution in [2.75, 3.05) is 32.8 Å². The maximum absolute atomic E-state index is 13.1. The summed E-state index contributed by atoms with van der Waals surface area (Å²) >= 11 is 0. The molecule has 134 valence electrons. The van der Waals surface area contributed by atoms with Crippen LogP contribution in [0.1, 0.15) is 23.0 Å². The van der Waals surface area contributed by atoms with Crippen LogP contribution in [0, 0.1) is 12.7 Å². The summed E-state index contributed by atoms with van der Waals surface area (Å²) in [5, 5.41) is 6.97. The fraction of sp³-hybridized carbons (Fsp3) is 0.444. The lowest BCUT2D eigenvalue weighted by molar-refractivity contribution is 0.0342. The zero-order valence-electron chi connectivity index (χ0n) is 14.4. The molecule has 1 aliphatic heterocycles. The molecule has 7 heteroatoms. The summed E-state index contributed by atoms with van der Waals surface area (Å²) in [6.07, 6.45) is 0. The maximum Gasteiger partial charge on any atom is 0.257 e. The molecule has 3 rings (SSSR count). The minimum absolute atomic E-state index is 0.0269. The molecule has 1 aromatic heterocycles. The van der Waals surface area contributed by atoms with Crippen molar-refractivity contribution >= 4 is 5.91 Å². The quantitative estimate of drug-likeness (QED) is 0.898. The van der Waals surface area contributed by atoms with Gasteiger partial charge < -0.3 is 14.6 Å². The van der Waals surface area contributed by atoms with Gasteiger partial charge in [-0.25, -0.2) is 4.39 Å². The summed E-state index contributed by atoms with van der Waals surface area (Å²) in [6, 6.07) is 5.81. The molecule has 1 saturated heterocycles. The van der Waals surface area contributed by atoms with Crippen molar-refractivity contribution in [1.29, 1.82) is 0 Å². The van der Waals surface area contributed by atoms with Gasteiger partial charge in [0.15, 0.2) is 0 Å². The molecule has 0 spiro atoms. The van der Waals surface area contributed by atoms with Crippen LogP contribution in [-0.4, -0.2) is 54.9 Å². The van der Waals surface area contributed by atoms with E-state index in [1.165, 1.54) is 12.1 Å². The number of halogens is 1. The van der Waals surface area contributed by atoms with E-state index in [0.717, 1.165) is 32.8 Å². The summed E-state index contributed by atoms with van der Waals surface area (Å²) in [5.74, 6) is -0.136. The third-order valence-corrected chi connectivity index (χ3v) is 4.22. The highest BCUT2D eigenvalue weighted by Gasteiger charge is 2.23. The van der Waals surface area contributed by atoms with Crippen LogP contribution in [-0.2, 0) is 4.74 Å². The van der Waals surface area contributed by atoms with Gasteiger partial charge in [0.25, 0.3) is 5.91 Å². The molecule has 6 nitrogen and oxygen atoms in total. The predicted molar refractivity (Wildman–Crippen MR) is 90.8 cm³/mol. The average molecular weight is 347 g/mol. The Bertz CT molecular complexity index is 724. The smallest absolute Gasteiger partial charge is 0.257 e. The van der Waals surface area contributed by atoms with E-state index in [1.807, 2.05) is 6.92 Å². The molecular formula is C18H22FN3O3. The molecule has 2 heterocycles. The number of ether oxygens (including phenoxy) is 1. The first-order valence-electron chi connectivity index (χ1n) is 8.38. The van der Waals surface area contributed by atoms with Crippen molar-refractivity contribution in [2.45, 2.75) is 19.9 Å². The van der Waals surface area contributed by atoms with Gasteiger partial charge in [-0.2, -0.15) is 0 Å². The number of nitrogens with one attached hydrogen (secondary N) is 1. The molecule has 1 atom stereocenters. The molecule has 1 aromatic carbocycles. The Hall–Kier alpha value is -2.25. The largest absolute Gasteiger partial charge is 0.379 e. The highest BCUT2D eigenvalue weighted by molar-refractivity contribution is 6.00. The predicted octanol–water partition coefficient (Wildman–Crippen LogP) is 2.24. The van der Waals surface area contributed by atoms with Gasteiger partial charge in [0, 0.05) is 31.2 Å². The second-order valence-electron chi connectivity index (χ2n) is 6.26. The van der Waals surface area contributed by atoms with Crippen LogP contribution in [0.2, 0.25) is 0 Å². The third-order valence-electron chi connectivity index (χ3n) is 4.22. The maximum atomic E-state index is 13.1. The number of hydrogen-bond donors (Lipinski definition) is 1. The van der Waals surface area contributed by atoms with Crippen LogP contribution in [0.4, 0.5) is 4.39 Å². The summed E-state index contributed by atoms with van der Waals surface area (Å²) in [4.78, 5) is 15.0. The Kier molecular flexibility index (Phi) is 5.45. The number of amides is 1. The number of carbonyl (C=O) groups is 1. The summed E-state index contributed by atoms with van der Waals surface area (Å²) in [7, 11) is 0. The Labute approximate surface area is 145 Å². The standard InChI is InChI=1S/C18H22FN3O3/c1-12(11-22-7-9-24-10-8-22)20-18(23)16-13(2)25-21-17(16)14-3-5-15(19)6-4-14/h3-6,12H,7-11H2,1-2H3,(H,20,23)/t12-/m0/s1. The first-order valence-corrected chi connectivity index (χ1v) is 8.38. The van der Waals surface area contributed by atoms with Crippen molar-refractivity contribution in [1.82, 2.24) is 15.4 Å². The third kappa shape index (κ3) is 4.24. The zero-order valence-corrected chi connectivity index (χ0v) is 14.4. The fourth-order valence-corrected chi connectivity index (χ4v) is 2.96. The van der Waals surface area contributed by atoms with E-state index in [0.29, 0.717) is 22.6 Å². The Morgan fingerprint density at radius 2 is 2.00 bits per heavy atom. The van der Waals surface area contributed by atoms with Gasteiger partial charge in [-0.05, 0) is 38.1 Å². The number of aryl methyl sites for hydroxylation is 1. The van der Waals surface area contributed by atoms with E-state index in [4.69, 9.17) is 9.26 Å². The molecule has 0 bridgehead atoms. The normalized spacial score (nSPS) is 16.6. The van der Waals surface area contributed by atoms with Crippen LogP contribution in [0.3, 0.4) is 0 Å². The average Bonchev–Trinajstić information content (AvgIpc) is 2.98. The Morgan fingerprint density at radius 1 is 1.32 bits per heavy atom. The molecule has 0 saturated carbocycles. The van der Waals surface area contributed by atoms with Crippen LogP contribution in [0.15, 0.2) is 28.8 Å². The van der Waals surface area contributed by atoms with Crippen molar-refractivity contribution < 1.29 is 18.4 Å². The van der Waals surface area contributed by atoms with Crippen molar-refractivity contribution in [3.05, 3.63) is 41.4 Å². The number of hydrogen-bond acceptors (Lipinski definition) is 5. The van der Waals surface area contributed by atoms with Crippen LogP contribution < -0.4 is 5.32 Å². The van der Waals surface area contributed by atoms with Gasteiger partial charge in [-0.3, -0.25) is 9.69 Å². The topological polar surface area (TPSA) is 67.6 Å². The first kappa shape index (κ1) is 17.6. The van der Waals surface area contributed by atoms with Crippen molar-refractivity contribution in [3.8, 4) is 11.3 Å². The van der Waals surface area contributed by atoms with E-state index in [9.17, 15) is 9.18 Å². The summed E-state index contributed by atoms with van der Waals surface area (Å²) in [5.41, 5.74) is 1.46. The number of carbonyl (C=O) groups excluding carboxylic acids is 1. The van der Waals surface area contributed by atoms with Crippen LogP contribution in [0.25, 0.3) is 11.3 Å². The molecular weight excluding hydrogens is 325 g/mol. The van der Waals surface area contributed by atoms with E-state index in [2.05, 4.69) is 15.4 Å². The van der Waals surface area contributed by atoms with Crippen molar-refractivity contribution in [3.63, 3.8) is 0 Å². The number of benzene rings is 1. The number of nitrogens with zero attached hydrogens (tertiary/aromatic N) is 2. The van der Waals surface area contributed by atoms with Crippen molar-refractivity contribution in [2.24, 2.45) is 0 Å². The Balaban J connectivity index is 1.71. The number of morpholine rings is 1. The first-order chi connectivity index (χ1) is 12.0. The van der Waals surface area contributed by atoms with E-state index in [-0.39, 0.29) is 17.8 Å². The molecule has 1 aliphatic rings. The minimum Gasteiger partial charge on any atom is -0.379 e. The highest BCUT2D eigenvalue weighted by atomic mass is 19.1. The van der Waals surface area contributed by atoms with Gasteiger partial charge in [0.1, 0.15) is 22.8 Å². The SMILES string of the molecule is Cc1onc(-c2ccc(F)cc2)c1C(=O)N[C@@H](C)CN1CCOCC1. The van der Waals surface area contributed by atoms with E-state index < -0.39 is 0 Å². The Morgan fingerprint density at radius 3 is 2.68 bits per heavy atom. The van der Waals surface area contributed by atoms with Crippen LogP contribution in [0.5, 0.6) is 0 Å². The van der Waals surface area contributed by atoms with Gasteiger partial charge in [-0.1, -0.05) is 5.16 Å². The molecule has 2 aromatic rings. The number of rotatable bonds is 5. The molecule has 0 unspecified atom stereocenters. The molecule has 0 aliphatic carbocycles. The van der Waals surface area contributed by atoms with Gasteiger partial charge in [0.2, 0.25) is 0 Å². The lowest BCUT2D eigenvalue weighted by Gasteiger charge is -2.29.